The van der Waals surface area contributed by atoms with Crippen LogP contribution in [0.1, 0.15) is 5.56 Å². The van der Waals surface area contributed by atoms with Crippen molar-refractivity contribution in [3.8, 4) is 0 Å². The Bertz CT molecular complexity index is 765. The van der Waals surface area contributed by atoms with Gasteiger partial charge in [0.1, 0.15) is 6.33 Å². The molecule has 1 N–H and O–H groups in total. The molecule has 2 aromatic carbocycles. The lowest BCUT2D eigenvalue weighted by molar-refractivity contribution is -0.114. The molecule has 0 bridgehead atoms. The summed E-state index contributed by atoms with van der Waals surface area (Å²) in [6, 6.07) is 15.8. The van der Waals surface area contributed by atoms with Gasteiger partial charge in [0.15, 0.2) is 0 Å². The zero-order valence-corrected chi connectivity index (χ0v) is 12.4. The molecular formula is C16H15N3OS. The summed E-state index contributed by atoms with van der Waals surface area (Å²) >= 11 is 1.52. The van der Waals surface area contributed by atoms with Crippen LogP contribution in [0.5, 0.6) is 0 Å². The number of carbonyl (C=O) groups excluding carboxylic acids is 1. The van der Waals surface area contributed by atoms with Crippen LogP contribution in [0, 0.1) is 6.92 Å². The Balaban J connectivity index is 1.62. The SMILES string of the molecule is Cc1ccc(SCC(=O)Nn2cnc3ccccc32)cc1. The van der Waals surface area contributed by atoms with Crippen LogP contribution in [0.3, 0.4) is 0 Å². The van der Waals surface area contributed by atoms with Gasteiger partial charge in [-0.05, 0) is 31.2 Å². The molecule has 0 radical (unpaired) electrons. The summed E-state index contributed by atoms with van der Waals surface area (Å²) in [5.41, 5.74) is 5.82. The van der Waals surface area contributed by atoms with Gasteiger partial charge in [0.05, 0.1) is 16.8 Å². The molecule has 0 unspecified atom stereocenters. The number of imidazole rings is 1. The van der Waals surface area contributed by atoms with Crippen molar-refractivity contribution in [2.75, 3.05) is 11.2 Å². The number of nitrogens with zero attached hydrogens (tertiary/aromatic N) is 2. The van der Waals surface area contributed by atoms with Gasteiger partial charge in [-0.2, -0.15) is 0 Å². The predicted molar refractivity (Wildman–Crippen MR) is 86.0 cm³/mol. The first kappa shape index (κ1) is 13.7. The van der Waals surface area contributed by atoms with Gasteiger partial charge in [-0.25, -0.2) is 9.66 Å². The quantitative estimate of drug-likeness (QED) is 0.752. The highest BCUT2D eigenvalue weighted by molar-refractivity contribution is 8.00. The molecule has 0 atom stereocenters. The van der Waals surface area contributed by atoms with Gasteiger partial charge >= 0.3 is 0 Å². The lowest BCUT2D eigenvalue weighted by Gasteiger charge is -2.07. The molecule has 106 valence electrons. The van der Waals surface area contributed by atoms with Crippen LogP contribution in [0.25, 0.3) is 11.0 Å². The molecule has 21 heavy (non-hydrogen) atoms. The summed E-state index contributed by atoms with van der Waals surface area (Å²) < 4.78 is 1.66. The molecule has 0 aliphatic rings. The monoisotopic (exact) mass is 297 g/mol. The predicted octanol–water partition coefficient (Wildman–Crippen LogP) is 3.21. The third kappa shape index (κ3) is 3.25. The van der Waals surface area contributed by atoms with E-state index >= 15 is 0 Å². The number of hydrogen-bond donors (Lipinski definition) is 1. The normalized spacial score (nSPS) is 10.7. The van der Waals surface area contributed by atoms with Gasteiger partial charge in [-0.15, -0.1) is 11.8 Å². The largest absolute Gasteiger partial charge is 0.272 e. The lowest BCUT2D eigenvalue weighted by atomic mass is 10.2. The zero-order chi connectivity index (χ0) is 14.7. The smallest absolute Gasteiger partial charge is 0.249 e. The summed E-state index contributed by atoms with van der Waals surface area (Å²) in [6.07, 6.45) is 1.62. The van der Waals surface area contributed by atoms with Gasteiger partial charge in [0.25, 0.3) is 0 Å². The molecule has 3 aromatic rings. The van der Waals surface area contributed by atoms with Crippen molar-refractivity contribution in [3.63, 3.8) is 0 Å². The molecule has 1 amide bonds. The van der Waals surface area contributed by atoms with Gasteiger partial charge < -0.3 is 0 Å². The Kier molecular flexibility index (Phi) is 3.92. The molecular weight excluding hydrogens is 282 g/mol. The number of para-hydroxylation sites is 2. The number of amides is 1. The Hall–Kier alpha value is -2.27. The second kappa shape index (κ2) is 6.01. The molecule has 0 fully saturated rings. The average molecular weight is 297 g/mol. The minimum absolute atomic E-state index is 0.0521. The maximum absolute atomic E-state index is 12.0. The number of thioether (sulfide) groups is 1. The van der Waals surface area contributed by atoms with Crippen LogP contribution in [-0.2, 0) is 4.79 Å². The zero-order valence-electron chi connectivity index (χ0n) is 11.6. The third-order valence-electron chi connectivity index (χ3n) is 3.09. The maximum Gasteiger partial charge on any atom is 0.249 e. The van der Waals surface area contributed by atoms with E-state index in [2.05, 4.69) is 10.4 Å². The summed E-state index contributed by atoms with van der Waals surface area (Å²) in [4.78, 5) is 17.3. The number of hydrogen-bond acceptors (Lipinski definition) is 3. The van der Waals surface area contributed by atoms with E-state index in [-0.39, 0.29) is 5.91 Å². The molecule has 0 spiro atoms. The Morgan fingerprint density at radius 3 is 2.76 bits per heavy atom. The second-order valence-electron chi connectivity index (χ2n) is 4.74. The van der Waals surface area contributed by atoms with Crippen LogP contribution in [0.4, 0.5) is 0 Å². The number of nitrogens with one attached hydrogen (secondary N) is 1. The summed E-state index contributed by atoms with van der Waals surface area (Å²) in [6.45, 7) is 2.05. The highest BCUT2D eigenvalue weighted by atomic mass is 32.2. The van der Waals surface area contributed by atoms with E-state index in [1.165, 1.54) is 17.3 Å². The minimum Gasteiger partial charge on any atom is -0.272 e. The standard InChI is InChI=1S/C16H15N3OS/c1-12-6-8-13(9-7-12)21-10-16(20)18-19-11-17-14-4-2-3-5-15(14)19/h2-9,11H,10H2,1H3,(H,18,20). The highest BCUT2D eigenvalue weighted by Crippen LogP contribution is 2.18. The molecule has 1 heterocycles. The Morgan fingerprint density at radius 2 is 1.95 bits per heavy atom. The minimum atomic E-state index is -0.0521. The first-order valence-corrected chi connectivity index (χ1v) is 7.62. The molecule has 5 heteroatoms. The van der Waals surface area contributed by atoms with Crippen LogP contribution in [-0.4, -0.2) is 21.3 Å². The number of rotatable bonds is 4. The topological polar surface area (TPSA) is 46.9 Å². The molecule has 0 saturated heterocycles. The van der Waals surface area contributed by atoms with E-state index in [1.54, 1.807) is 11.0 Å². The Morgan fingerprint density at radius 1 is 1.19 bits per heavy atom. The third-order valence-corrected chi connectivity index (χ3v) is 4.10. The number of carbonyl (C=O) groups is 1. The molecule has 3 rings (SSSR count). The average Bonchev–Trinajstić information content (AvgIpc) is 2.90. The lowest BCUT2D eigenvalue weighted by Crippen LogP contribution is -2.23. The molecule has 1 aromatic heterocycles. The fraction of sp³-hybridized carbons (Fsp3) is 0.125. The van der Waals surface area contributed by atoms with E-state index in [9.17, 15) is 4.79 Å². The maximum atomic E-state index is 12.0. The van der Waals surface area contributed by atoms with Crippen molar-refractivity contribution in [2.24, 2.45) is 0 Å². The van der Waals surface area contributed by atoms with E-state index < -0.39 is 0 Å². The van der Waals surface area contributed by atoms with Crippen molar-refractivity contribution in [3.05, 3.63) is 60.4 Å². The number of aryl methyl sites for hydroxylation is 1. The molecule has 4 nitrogen and oxygen atoms in total. The first-order chi connectivity index (χ1) is 10.2. The van der Waals surface area contributed by atoms with Gasteiger partial charge in [0, 0.05) is 4.90 Å². The number of fused-ring (bicyclic) bond motifs is 1. The van der Waals surface area contributed by atoms with Crippen molar-refractivity contribution in [1.29, 1.82) is 0 Å². The molecule has 0 aliphatic carbocycles. The van der Waals surface area contributed by atoms with Crippen LogP contribution >= 0.6 is 11.8 Å². The molecule has 0 aliphatic heterocycles. The summed E-state index contributed by atoms with van der Waals surface area (Å²) in [7, 11) is 0. The summed E-state index contributed by atoms with van der Waals surface area (Å²) in [5, 5.41) is 0. The van der Waals surface area contributed by atoms with E-state index in [0.29, 0.717) is 5.75 Å². The van der Waals surface area contributed by atoms with E-state index in [4.69, 9.17) is 0 Å². The Labute approximate surface area is 127 Å². The summed E-state index contributed by atoms with van der Waals surface area (Å²) in [5.74, 6) is 0.318. The van der Waals surface area contributed by atoms with Crippen LogP contribution in [0.15, 0.2) is 59.8 Å². The van der Waals surface area contributed by atoms with Crippen LogP contribution < -0.4 is 5.43 Å². The van der Waals surface area contributed by atoms with Crippen molar-refractivity contribution >= 4 is 28.7 Å². The van der Waals surface area contributed by atoms with Gasteiger partial charge in [-0.1, -0.05) is 29.8 Å². The second-order valence-corrected chi connectivity index (χ2v) is 5.79. The van der Waals surface area contributed by atoms with E-state index in [0.717, 1.165) is 15.9 Å². The van der Waals surface area contributed by atoms with Crippen molar-refractivity contribution in [2.45, 2.75) is 11.8 Å². The van der Waals surface area contributed by atoms with Crippen LogP contribution in [0.2, 0.25) is 0 Å². The van der Waals surface area contributed by atoms with E-state index in [1.807, 2.05) is 55.5 Å². The fourth-order valence-electron chi connectivity index (χ4n) is 2.00. The van der Waals surface area contributed by atoms with Gasteiger partial charge in [-0.3, -0.25) is 10.2 Å². The van der Waals surface area contributed by atoms with Gasteiger partial charge in [0.2, 0.25) is 5.91 Å². The highest BCUT2D eigenvalue weighted by Gasteiger charge is 2.06. The van der Waals surface area contributed by atoms with Crippen molar-refractivity contribution in [1.82, 2.24) is 9.66 Å². The van der Waals surface area contributed by atoms with Crippen molar-refractivity contribution < 1.29 is 4.79 Å². The number of aromatic nitrogens is 2. The fourth-order valence-corrected chi connectivity index (χ4v) is 2.69. The molecule has 0 saturated carbocycles. The first-order valence-electron chi connectivity index (χ1n) is 6.64. The number of benzene rings is 2.